The van der Waals surface area contributed by atoms with Crippen LogP contribution in [0.25, 0.3) is 22.4 Å². The molecule has 4 rings (SSSR count). The van der Waals surface area contributed by atoms with Crippen LogP contribution in [-0.2, 0) is 17.9 Å². The monoisotopic (exact) mass is 401 g/mol. The molecule has 0 aliphatic carbocycles. The third-order valence-electron chi connectivity index (χ3n) is 5.31. The van der Waals surface area contributed by atoms with E-state index >= 15 is 0 Å². The first-order valence-corrected chi connectivity index (χ1v) is 10.0. The first-order valence-electron chi connectivity index (χ1n) is 10.0. The zero-order valence-electron chi connectivity index (χ0n) is 17.2. The number of hydrogen-bond donors (Lipinski definition) is 1. The molecule has 1 unspecified atom stereocenters. The maximum atomic E-state index is 12.8. The Morgan fingerprint density at radius 2 is 1.67 bits per heavy atom. The topological polar surface area (TPSA) is 67.9 Å². The molecule has 2 heterocycles. The summed E-state index contributed by atoms with van der Waals surface area (Å²) in [7, 11) is 1.86. The molecule has 30 heavy (non-hydrogen) atoms. The van der Waals surface area contributed by atoms with Crippen molar-refractivity contribution in [2.24, 2.45) is 0 Å². The quantitative estimate of drug-likeness (QED) is 0.465. The molecule has 0 aliphatic rings. The van der Waals surface area contributed by atoms with Gasteiger partial charge in [-0.25, -0.2) is 14.5 Å². The van der Waals surface area contributed by atoms with E-state index in [1.54, 1.807) is 0 Å². The van der Waals surface area contributed by atoms with Gasteiger partial charge in [-0.3, -0.25) is 0 Å². The smallest absolute Gasteiger partial charge is 0.415 e. The van der Waals surface area contributed by atoms with Crippen molar-refractivity contribution >= 4 is 17.3 Å². The second-order valence-electron chi connectivity index (χ2n) is 7.53. The van der Waals surface area contributed by atoms with Gasteiger partial charge in [0.15, 0.2) is 11.5 Å². The molecule has 0 saturated heterocycles. The van der Waals surface area contributed by atoms with Crippen LogP contribution < -0.4 is 0 Å². The summed E-state index contributed by atoms with van der Waals surface area (Å²) in [5, 5.41) is 0. The van der Waals surface area contributed by atoms with Gasteiger partial charge in [0, 0.05) is 5.56 Å². The number of pyridine rings is 1. The summed E-state index contributed by atoms with van der Waals surface area (Å²) in [4.78, 5) is 25.4. The van der Waals surface area contributed by atoms with E-state index in [-0.39, 0.29) is 17.2 Å². The maximum Gasteiger partial charge on any atom is 0.516 e. The number of carbonyl (C=O) groups is 1. The Bertz CT molecular complexity index is 1140. The van der Waals surface area contributed by atoms with Gasteiger partial charge in [0.1, 0.15) is 13.2 Å². The highest BCUT2D eigenvalue weighted by molar-refractivity contribution is 5.75. The predicted molar refractivity (Wildman–Crippen MR) is 116 cm³/mol. The van der Waals surface area contributed by atoms with Gasteiger partial charge in [0.2, 0.25) is 0 Å². The van der Waals surface area contributed by atoms with E-state index < -0.39 is 0 Å². The summed E-state index contributed by atoms with van der Waals surface area (Å²) in [6.07, 6.45) is -0.278. The van der Waals surface area contributed by atoms with Crippen LogP contribution in [0, 0.1) is 0 Å². The average Bonchev–Trinajstić information content (AvgIpc) is 3.19. The number of ether oxygens (including phenoxy) is 1. The number of amides is 1. The van der Waals surface area contributed by atoms with Crippen molar-refractivity contribution in [3.63, 3.8) is 0 Å². The van der Waals surface area contributed by atoms with Crippen molar-refractivity contribution in [3.05, 3.63) is 84.2 Å². The fourth-order valence-electron chi connectivity index (χ4n) is 3.30. The van der Waals surface area contributed by atoms with Gasteiger partial charge < -0.3 is 9.72 Å². The highest BCUT2D eigenvalue weighted by atomic mass is 16.6. The minimum atomic E-state index is -0.278. The standard InChI is InChI=1S/C24H25N4O2/c1-3-28(2,24(29)30-17-18-10-6-4-7-11-18)16-22-25-21-15-14-20(26-23(21)27-22)19-12-8-5-9-13-19/h4-15H,3,16-17H2,1-2H3,(H,25,26,27)/q+1. The zero-order valence-corrected chi connectivity index (χ0v) is 17.2. The molecule has 6 heteroatoms. The van der Waals surface area contributed by atoms with Crippen LogP contribution in [0.2, 0.25) is 0 Å². The number of imidazole rings is 1. The molecule has 6 nitrogen and oxygen atoms in total. The van der Waals surface area contributed by atoms with Crippen LogP contribution in [0.5, 0.6) is 0 Å². The Kier molecular flexibility index (Phi) is 5.59. The summed E-state index contributed by atoms with van der Waals surface area (Å²) < 4.78 is 5.68. The van der Waals surface area contributed by atoms with Crippen LogP contribution >= 0.6 is 0 Å². The number of benzene rings is 2. The molecule has 0 radical (unpaired) electrons. The van der Waals surface area contributed by atoms with E-state index in [1.807, 2.05) is 86.8 Å². The van der Waals surface area contributed by atoms with E-state index in [0.29, 0.717) is 24.6 Å². The first kappa shape index (κ1) is 19.8. The number of fused-ring (bicyclic) bond motifs is 1. The van der Waals surface area contributed by atoms with Gasteiger partial charge in [-0.15, -0.1) is 0 Å². The van der Waals surface area contributed by atoms with Crippen molar-refractivity contribution < 1.29 is 14.0 Å². The maximum absolute atomic E-state index is 12.8. The summed E-state index contributed by atoms with van der Waals surface area (Å²) >= 11 is 0. The van der Waals surface area contributed by atoms with Gasteiger partial charge in [0.05, 0.1) is 24.8 Å². The number of rotatable bonds is 6. The van der Waals surface area contributed by atoms with Gasteiger partial charge in [-0.1, -0.05) is 60.7 Å². The molecule has 1 N–H and O–H groups in total. The SMILES string of the molecule is CC[N+](C)(Cc1nc2nc(-c3ccccc3)ccc2[nH]1)C(=O)OCc1ccccc1. The first-order chi connectivity index (χ1) is 14.6. The Labute approximate surface area is 175 Å². The fourth-order valence-corrected chi connectivity index (χ4v) is 3.30. The Morgan fingerprint density at radius 3 is 2.37 bits per heavy atom. The van der Waals surface area contributed by atoms with E-state index in [0.717, 1.165) is 22.3 Å². The number of hydrogen-bond acceptors (Lipinski definition) is 4. The molecular weight excluding hydrogens is 376 g/mol. The molecule has 0 bridgehead atoms. The Hall–Kier alpha value is -3.51. The number of quaternary nitrogens is 1. The number of H-pyrrole nitrogens is 1. The molecule has 2 aromatic carbocycles. The van der Waals surface area contributed by atoms with E-state index in [1.165, 1.54) is 0 Å². The lowest BCUT2D eigenvalue weighted by Gasteiger charge is -2.27. The number of nitrogens with zero attached hydrogens (tertiary/aromatic N) is 3. The fraction of sp³-hybridized carbons (Fsp3) is 0.208. The molecule has 0 aliphatic heterocycles. The molecule has 1 amide bonds. The Balaban J connectivity index is 1.51. The summed E-state index contributed by atoms with van der Waals surface area (Å²) in [5.41, 5.74) is 4.38. The van der Waals surface area contributed by atoms with E-state index in [2.05, 4.69) is 15.0 Å². The number of nitrogens with one attached hydrogen (secondary N) is 1. The summed E-state index contributed by atoms with van der Waals surface area (Å²) in [5.74, 6) is 0.712. The van der Waals surface area contributed by atoms with Crippen LogP contribution in [0.4, 0.5) is 4.79 Å². The number of carbonyl (C=O) groups excluding carboxylic acids is 1. The number of aromatic nitrogens is 3. The van der Waals surface area contributed by atoms with Crippen molar-refractivity contribution in [3.8, 4) is 11.3 Å². The zero-order chi connectivity index (χ0) is 21.0. The normalized spacial score (nSPS) is 13.1. The number of aromatic amines is 1. The van der Waals surface area contributed by atoms with Crippen molar-refractivity contribution in [2.45, 2.75) is 20.1 Å². The van der Waals surface area contributed by atoms with Crippen LogP contribution in [0.1, 0.15) is 18.3 Å². The van der Waals surface area contributed by atoms with Gasteiger partial charge >= 0.3 is 6.09 Å². The third kappa shape index (κ3) is 4.23. The molecule has 0 fully saturated rings. The molecule has 0 saturated carbocycles. The highest BCUT2D eigenvalue weighted by Gasteiger charge is 2.33. The highest BCUT2D eigenvalue weighted by Crippen LogP contribution is 2.21. The minimum Gasteiger partial charge on any atom is -0.415 e. The molecular formula is C24H25N4O2+. The van der Waals surface area contributed by atoms with Gasteiger partial charge in [-0.2, -0.15) is 4.79 Å². The lowest BCUT2D eigenvalue weighted by Crippen LogP contribution is -2.48. The molecule has 2 aromatic heterocycles. The lowest BCUT2D eigenvalue weighted by atomic mass is 10.1. The molecule has 1 atom stereocenters. The summed E-state index contributed by atoms with van der Waals surface area (Å²) in [6, 6.07) is 23.6. The Morgan fingerprint density at radius 1 is 0.967 bits per heavy atom. The van der Waals surface area contributed by atoms with Crippen LogP contribution in [-0.4, -0.2) is 39.1 Å². The second-order valence-corrected chi connectivity index (χ2v) is 7.53. The largest absolute Gasteiger partial charge is 0.516 e. The van der Waals surface area contributed by atoms with Crippen molar-refractivity contribution in [1.82, 2.24) is 15.0 Å². The molecule has 4 aromatic rings. The van der Waals surface area contributed by atoms with Gasteiger partial charge in [0.25, 0.3) is 0 Å². The predicted octanol–water partition coefficient (Wildman–Crippen LogP) is 4.93. The average molecular weight is 401 g/mol. The third-order valence-corrected chi connectivity index (χ3v) is 5.31. The van der Waals surface area contributed by atoms with Crippen molar-refractivity contribution in [2.75, 3.05) is 13.6 Å². The minimum absolute atomic E-state index is 0.0954. The van der Waals surface area contributed by atoms with E-state index in [4.69, 9.17) is 4.74 Å². The van der Waals surface area contributed by atoms with Crippen LogP contribution in [0.15, 0.2) is 72.8 Å². The molecule has 0 spiro atoms. The second kappa shape index (κ2) is 8.47. The van der Waals surface area contributed by atoms with E-state index in [9.17, 15) is 4.79 Å². The van der Waals surface area contributed by atoms with Crippen LogP contribution in [0.3, 0.4) is 0 Å². The molecule has 152 valence electrons. The van der Waals surface area contributed by atoms with Gasteiger partial charge in [-0.05, 0) is 24.6 Å². The van der Waals surface area contributed by atoms with Crippen molar-refractivity contribution in [1.29, 1.82) is 0 Å². The lowest BCUT2D eigenvalue weighted by molar-refractivity contribution is -0.850. The summed E-state index contributed by atoms with van der Waals surface area (Å²) in [6.45, 7) is 3.22.